The van der Waals surface area contributed by atoms with E-state index in [4.69, 9.17) is 14.2 Å². The molecule has 2 rings (SSSR count). The molecular formula is C18H27NO4. The number of amides is 1. The quantitative estimate of drug-likeness (QED) is 0.873. The highest BCUT2D eigenvalue weighted by Gasteiger charge is 2.25. The molecule has 23 heavy (non-hydrogen) atoms. The summed E-state index contributed by atoms with van der Waals surface area (Å²) in [6.07, 6.45) is 6.41. The van der Waals surface area contributed by atoms with Gasteiger partial charge in [-0.3, -0.25) is 4.79 Å². The van der Waals surface area contributed by atoms with Crippen LogP contribution >= 0.6 is 0 Å². The summed E-state index contributed by atoms with van der Waals surface area (Å²) in [4.78, 5) is 12.8. The van der Waals surface area contributed by atoms with Crippen molar-refractivity contribution >= 4 is 5.91 Å². The number of benzene rings is 1. The first kappa shape index (κ1) is 17.4. The van der Waals surface area contributed by atoms with E-state index in [2.05, 4.69) is 5.32 Å². The lowest BCUT2D eigenvalue weighted by molar-refractivity contribution is 0.0926. The molecule has 0 saturated heterocycles. The summed E-state index contributed by atoms with van der Waals surface area (Å²) in [7, 11) is 4.71. The number of methoxy groups -OCH3 is 3. The third-order valence-electron chi connectivity index (χ3n) is 4.47. The van der Waals surface area contributed by atoms with Crippen molar-refractivity contribution in [2.75, 3.05) is 21.3 Å². The molecule has 0 spiro atoms. The summed E-state index contributed by atoms with van der Waals surface area (Å²) in [6, 6.07) is 2.01. The third kappa shape index (κ3) is 3.71. The van der Waals surface area contributed by atoms with E-state index in [1.165, 1.54) is 19.3 Å². The molecule has 0 aromatic heterocycles. The summed E-state index contributed by atoms with van der Waals surface area (Å²) in [5.41, 5.74) is 1.45. The van der Waals surface area contributed by atoms with Gasteiger partial charge in [-0.2, -0.15) is 0 Å². The minimum Gasteiger partial charge on any atom is -0.493 e. The first-order chi connectivity index (χ1) is 11.2. The zero-order valence-corrected chi connectivity index (χ0v) is 14.5. The number of carbonyl (C=O) groups is 1. The van der Waals surface area contributed by atoms with Crippen molar-refractivity contribution < 1.29 is 19.0 Å². The molecule has 1 N–H and O–H groups in total. The number of nitrogens with one attached hydrogen (secondary N) is 1. The summed E-state index contributed by atoms with van der Waals surface area (Å²) in [5.74, 6) is 1.55. The monoisotopic (exact) mass is 321 g/mol. The predicted molar refractivity (Wildman–Crippen MR) is 89.8 cm³/mol. The predicted octanol–water partition coefficient (Wildman–Crippen LogP) is 3.34. The largest absolute Gasteiger partial charge is 0.493 e. The summed E-state index contributed by atoms with van der Waals surface area (Å²) < 4.78 is 16.3. The van der Waals surface area contributed by atoms with Gasteiger partial charge in [0.05, 0.1) is 26.9 Å². The number of rotatable bonds is 6. The fraction of sp³-hybridized carbons (Fsp3) is 0.611. The number of carbonyl (C=O) groups excluding carboxylic acids is 1. The fourth-order valence-electron chi connectivity index (χ4n) is 3.28. The van der Waals surface area contributed by atoms with Gasteiger partial charge in [-0.1, -0.05) is 26.2 Å². The normalized spacial score (nSPS) is 15.1. The number of ether oxygens (including phenoxy) is 3. The Labute approximate surface area is 138 Å². The molecule has 1 aromatic rings. The van der Waals surface area contributed by atoms with Gasteiger partial charge in [0.1, 0.15) is 0 Å². The Morgan fingerprint density at radius 3 is 2.26 bits per heavy atom. The van der Waals surface area contributed by atoms with Gasteiger partial charge in [-0.25, -0.2) is 0 Å². The van der Waals surface area contributed by atoms with E-state index in [0.717, 1.165) is 18.4 Å². The van der Waals surface area contributed by atoms with Gasteiger partial charge >= 0.3 is 0 Å². The first-order valence-corrected chi connectivity index (χ1v) is 8.28. The van der Waals surface area contributed by atoms with Crippen LogP contribution in [0.5, 0.6) is 17.2 Å². The van der Waals surface area contributed by atoms with Gasteiger partial charge in [-0.05, 0) is 25.3 Å². The Bertz CT molecular complexity index is 550. The smallest absolute Gasteiger partial charge is 0.252 e. The van der Waals surface area contributed by atoms with Crippen LogP contribution < -0.4 is 19.5 Å². The lowest BCUT2D eigenvalue weighted by Gasteiger charge is -2.24. The van der Waals surface area contributed by atoms with Gasteiger partial charge in [0.15, 0.2) is 11.5 Å². The molecule has 1 aliphatic carbocycles. The minimum atomic E-state index is -0.0620. The summed E-state index contributed by atoms with van der Waals surface area (Å²) >= 11 is 0. The third-order valence-corrected chi connectivity index (χ3v) is 4.47. The highest BCUT2D eigenvalue weighted by Crippen LogP contribution is 2.42. The lowest BCUT2D eigenvalue weighted by Crippen LogP contribution is -2.36. The van der Waals surface area contributed by atoms with Crippen LogP contribution in [0.2, 0.25) is 0 Å². The number of hydrogen-bond donors (Lipinski definition) is 1. The minimum absolute atomic E-state index is 0.0620. The SMILES string of the molecule is CCc1c(C(=O)NC2CCCCC2)cc(OC)c(OC)c1OC. The van der Waals surface area contributed by atoms with Crippen molar-refractivity contribution in [3.05, 3.63) is 17.2 Å². The average Bonchev–Trinajstić information content (AvgIpc) is 2.60. The van der Waals surface area contributed by atoms with Crippen LogP contribution in [0, 0.1) is 0 Å². The van der Waals surface area contributed by atoms with Crippen molar-refractivity contribution in [3.63, 3.8) is 0 Å². The molecule has 1 amide bonds. The fourth-order valence-corrected chi connectivity index (χ4v) is 3.28. The Morgan fingerprint density at radius 2 is 1.74 bits per heavy atom. The molecule has 1 aromatic carbocycles. The van der Waals surface area contributed by atoms with E-state index in [0.29, 0.717) is 29.2 Å². The van der Waals surface area contributed by atoms with Gasteiger partial charge in [0.2, 0.25) is 5.75 Å². The molecule has 0 bridgehead atoms. The van der Waals surface area contributed by atoms with Crippen molar-refractivity contribution in [1.29, 1.82) is 0 Å². The molecule has 5 heteroatoms. The van der Waals surface area contributed by atoms with Crippen LogP contribution in [-0.4, -0.2) is 33.3 Å². The Balaban J connectivity index is 2.37. The van der Waals surface area contributed by atoms with E-state index in [9.17, 15) is 4.79 Å². The molecule has 1 aliphatic rings. The zero-order chi connectivity index (χ0) is 16.8. The molecular weight excluding hydrogens is 294 g/mol. The second kappa shape index (κ2) is 8.09. The molecule has 1 fully saturated rings. The second-order valence-electron chi connectivity index (χ2n) is 5.83. The standard InChI is InChI=1S/C18H27NO4/c1-5-13-14(18(20)19-12-9-7-6-8-10-12)11-15(21-2)17(23-4)16(13)22-3/h11-12H,5-10H2,1-4H3,(H,19,20). The van der Waals surface area contributed by atoms with Crippen LogP contribution in [0.3, 0.4) is 0 Å². The molecule has 0 unspecified atom stereocenters. The van der Waals surface area contributed by atoms with Crippen LogP contribution in [-0.2, 0) is 6.42 Å². The molecule has 0 radical (unpaired) electrons. The second-order valence-corrected chi connectivity index (χ2v) is 5.83. The first-order valence-electron chi connectivity index (χ1n) is 8.28. The van der Waals surface area contributed by atoms with Gasteiger partial charge in [0, 0.05) is 11.6 Å². The molecule has 128 valence electrons. The van der Waals surface area contributed by atoms with Gasteiger partial charge in [0.25, 0.3) is 5.91 Å². The van der Waals surface area contributed by atoms with E-state index < -0.39 is 0 Å². The van der Waals surface area contributed by atoms with Crippen molar-refractivity contribution in [2.45, 2.75) is 51.5 Å². The maximum atomic E-state index is 12.8. The van der Waals surface area contributed by atoms with Crippen molar-refractivity contribution in [2.24, 2.45) is 0 Å². The summed E-state index contributed by atoms with van der Waals surface area (Å²) in [5, 5.41) is 3.16. The molecule has 5 nitrogen and oxygen atoms in total. The molecule has 1 saturated carbocycles. The lowest BCUT2D eigenvalue weighted by atomic mass is 9.94. The maximum absolute atomic E-state index is 12.8. The Hall–Kier alpha value is -1.91. The van der Waals surface area contributed by atoms with Crippen LogP contribution in [0.4, 0.5) is 0 Å². The average molecular weight is 321 g/mol. The van der Waals surface area contributed by atoms with E-state index >= 15 is 0 Å². The Morgan fingerprint density at radius 1 is 1.09 bits per heavy atom. The highest BCUT2D eigenvalue weighted by molar-refractivity contribution is 5.97. The van der Waals surface area contributed by atoms with E-state index in [1.807, 2.05) is 6.92 Å². The Kier molecular flexibility index (Phi) is 6.13. The van der Waals surface area contributed by atoms with Gasteiger partial charge in [-0.15, -0.1) is 0 Å². The van der Waals surface area contributed by atoms with Crippen LogP contribution in [0.15, 0.2) is 6.07 Å². The molecule has 0 atom stereocenters. The van der Waals surface area contributed by atoms with Crippen LogP contribution in [0.1, 0.15) is 54.9 Å². The molecule has 0 aliphatic heterocycles. The highest BCUT2D eigenvalue weighted by atomic mass is 16.5. The van der Waals surface area contributed by atoms with Crippen LogP contribution in [0.25, 0.3) is 0 Å². The molecule has 0 heterocycles. The van der Waals surface area contributed by atoms with Crippen molar-refractivity contribution in [1.82, 2.24) is 5.32 Å². The maximum Gasteiger partial charge on any atom is 0.252 e. The summed E-state index contributed by atoms with van der Waals surface area (Å²) in [6.45, 7) is 2.00. The van der Waals surface area contributed by atoms with Crippen molar-refractivity contribution in [3.8, 4) is 17.2 Å². The van der Waals surface area contributed by atoms with Gasteiger partial charge < -0.3 is 19.5 Å². The van der Waals surface area contributed by atoms with E-state index in [-0.39, 0.29) is 11.9 Å². The van der Waals surface area contributed by atoms with E-state index in [1.54, 1.807) is 27.4 Å². The zero-order valence-electron chi connectivity index (χ0n) is 14.5. The topological polar surface area (TPSA) is 56.8 Å². The number of hydrogen-bond acceptors (Lipinski definition) is 4.